The van der Waals surface area contributed by atoms with Gasteiger partial charge in [0.25, 0.3) is 0 Å². The van der Waals surface area contributed by atoms with E-state index in [4.69, 9.17) is 4.74 Å². The fraction of sp³-hybridized carbons (Fsp3) is 1.00. The second kappa shape index (κ2) is 2.78. The molecule has 0 saturated carbocycles. The van der Waals surface area contributed by atoms with Crippen LogP contribution in [0, 0.1) is 11.3 Å². The van der Waals surface area contributed by atoms with E-state index in [9.17, 15) is 0 Å². The summed E-state index contributed by atoms with van der Waals surface area (Å²) in [5, 5.41) is 0. The highest BCUT2D eigenvalue weighted by Gasteiger charge is 2.37. The lowest BCUT2D eigenvalue weighted by atomic mass is 9.71. The van der Waals surface area contributed by atoms with E-state index >= 15 is 0 Å². The van der Waals surface area contributed by atoms with E-state index in [2.05, 4.69) is 34.6 Å². The first-order valence-electron chi connectivity index (χ1n) is 4.59. The third kappa shape index (κ3) is 1.76. The van der Waals surface area contributed by atoms with Crippen molar-refractivity contribution in [2.24, 2.45) is 11.3 Å². The summed E-state index contributed by atoms with van der Waals surface area (Å²) in [6.45, 7) is 11.3. The summed E-state index contributed by atoms with van der Waals surface area (Å²) in [5.41, 5.74) is 0.455. The minimum atomic E-state index is 0.425. The normalized spacial score (nSPS) is 43.9. The lowest BCUT2D eigenvalue weighted by Crippen LogP contribution is -2.42. The zero-order valence-corrected chi connectivity index (χ0v) is 8.35. The molecule has 0 N–H and O–H groups in total. The molecule has 0 aliphatic carbocycles. The van der Waals surface area contributed by atoms with Crippen molar-refractivity contribution in [2.75, 3.05) is 0 Å². The molecular weight excluding hydrogens is 136 g/mol. The van der Waals surface area contributed by atoms with Crippen LogP contribution in [-0.4, -0.2) is 12.2 Å². The average molecular weight is 156 g/mol. The maximum absolute atomic E-state index is 5.73. The van der Waals surface area contributed by atoms with Crippen LogP contribution in [0.25, 0.3) is 0 Å². The van der Waals surface area contributed by atoms with Crippen LogP contribution in [0.15, 0.2) is 0 Å². The summed E-state index contributed by atoms with van der Waals surface area (Å²) in [4.78, 5) is 0. The molecule has 1 heterocycles. The molecule has 1 rings (SSSR count). The van der Waals surface area contributed by atoms with Crippen LogP contribution in [0.2, 0.25) is 0 Å². The molecule has 1 fully saturated rings. The first-order valence-corrected chi connectivity index (χ1v) is 4.59. The molecule has 0 bridgehead atoms. The first-order chi connectivity index (χ1) is 4.93. The Balaban J connectivity index is 2.67. The van der Waals surface area contributed by atoms with Gasteiger partial charge in [-0.05, 0) is 31.6 Å². The molecule has 11 heavy (non-hydrogen) atoms. The topological polar surface area (TPSA) is 9.23 Å². The van der Waals surface area contributed by atoms with E-state index < -0.39 is 0 Å². The number of hydrogen-bond donors (Lipinski definition) is 0. The van der Waals surface area contributed by atoms with Gasteiger partial charge in [-0.2, -0.15) is 0 Å². The Morgan fingerprint density at radius 2 is 1.73 bits per heavy atom. The van der Waals surface area contributed by atoms with Crippen LogP contribution >= 0.6 is 0 Å². The molecule has 1 nitrogen and oxygen atoms in total. The van der Waals surface area contributed by atoms with Gasteiger partial charge in [0.1, 0.15) is 0 Å². The Bertz CT molecular complexity index is 140. The maximum Gasteiger partial charge on any atom is 0.0581 e. The van der Waals surface area contributed by atoms with Gasteiger partial charge in [-0.25, -0.2) is 0 Å². The predicted octanol–water partition coefficient (Wildman–Crippen LogP) is 2.85. The average Bonchev–Trinajstić information content (AvgIpc) is 1.81. The number of ether oxygens (including phenoxy) is 1. The van der Waals surface area contributed by atoms with Gasteiger partial charge in [0.2, 0.25) is 0 Å². The van der Waals surface area contributed by atoms with E-state index in [1.165, 1.54) is 6.42 Å². The van der Waals surface area contributed by atoms with E-state index in [0.29, 0.717) is 23.5 Å². The SMILES string of the molecule is C[C@@H]1O[C@@H](C)CC(C)(C)[C@H]1C. The third-order valence-corrected chi connectivity index (χ3v) is 3.20. The van der Waals surface area contributed by atoms with Crippen molar-refractivity contribution in [1.82, 2.24) is 0 Å². The lowest BCUT2D eigenvalue weighted by Gasteiger charge is -2.43. The highest BCUT2D eigenvalue weighted by atomic mass is 16.5. The largest absolute Gasteiger partial charge is 0.375 e. The number of hydrogen-bond acceptors (Lipinski definition) is 1. The third-order valence-electron chi connectivity index (χ3n) is 3.20. The molecule has 0 aromatic heterocycles. The summed E-state index contributed by atoms with van der Waals surface area (Å²) >= 11 is 0. The van der Waals surface area contributed by atoms with E-state index in [1.807, 2.05) is 0 Å². The minimum Gasteiger partial charge on any atom is -0.375 e. The first kappa shape index (κ1) is 9.05. The van der Waals surface area contributed by atoms with Crippen molar-refractivity contribution in [2.45, 2.75) is 53.2 Å². The van der Waals surface area contributed by atoms with Gasteiger partial charge >= 0.3 is 0 Å². The molecule has 1 aliphatic heterocycles. The van der Waals surface area contributed by atoms with E-state index in [1.54, 1.807) is 0 Å². The van der Waals surface area contributed by atoms with Crippen LogP contribution < -0.4 is 0 Å². The molecule has 0 radical (unpaired) electrons. The van der Waals surface area contributed by atoms with Gasteiger partial charge in [0, 0.05) is 0 Å². The molecule has 0 aromatic rings. The summed E-state index contributed by atoms with van der Waals surface area (Å²) in [5.74, 6) is 0.679. The van der Waals surface area contributed by atoms with Crippen molar-refractivity contribution < 1.29 is 4.74 Å². The molecule has 1 saturated heterocycles. The Morgan fingerprint density at radius 3 is 2.18 bits per heavy atom. The van der Waals surface area contributed by atoms with Gasteiger partial charge in [-0.15, -0.1) is 0 Å². The fourth-order valence-corrected chi connectivity index (χ4v) is 2.09. The summed E-state index contributed by atoms with van der Waals surface area (Å²) < 4.78 is 5.73. The van der Waals surface area contributed by atoms with Gasteiger partial charge in [0.15, 0.2) is 0 Å². The quantitative estimate of drug-likeness (QED) is 0.524. The van der Waals surface area contributed by atoms with Crippen LogP contribution in [0.3, 0.4) is 0 Å². The van der Waals surface area contributed by atoms with E-state index in [-0.39, 0.29) is 0 Å². The zero-order chi connectivity index (χ0) is 8.65. The van der Waals surface area contributed by atoms with Gasteiger partial charge in [-0.3, -0.25) is 0 Å². The van der Waals surface area contributed by atoms with Crippen molar-refractivity contribution in [3.63, 3.8) is 0 Å². The second-order valence-corrected chi connectivity index (χ2v) is 4.63. The molecule has 3 atom stereocenters. The highest BCUT2D eigenvalue weighted by molar-refractivity contribution is 4.85. The van der Waals surface area contributed by atoms with Crippen molar-refractivity contribution in [3.05, 3.63) is 0 Å². The molecule has 1 aliphatic rings. The number of rotatable bonds is 0. The van der Waals surface area contributed by atoms with Crippen LogP contribution in [0.5, 0.6) is 0 Å². The van der Waals surface area contributed by atoms with Crippen LogP contribution in [0.4, 0.5) is 0 Å². The second-order valence-electron chi connectivity index (χ2n) is 4.63. The Kier molecular flexibility index (Phi) is 2.29. The molecule has 0 unspecified atom stereocenters. The smallest absolute Gasteiger partial charge is 0.0581 e. The zero-order valence-electron chi connectivity index (χ0n) is 8.35. The summed E-state index contributed by atoms with van der Waals surface area (Å²) in [7, 11) is 0. The van der Waals surface area contributed by atoms with Crippen LogP contribution in [-0.2, 0) is 4.74 Å². The van der Waals surface area contributed by atoms with Gasteiger partial charge < -0.3 is 4.74 Å². The highest BCUT2D eigenvalue weighted by Crippen LogP contribution is 2.40. The monoisotopic (exact) mass is 156 g/mol. The Labute approximate surface area is 70.1 Å². The van der Waals surface area contributed by atoms with Crippen molar-refractivity contribution in [1.29, 1.82) is 0 Å². The van der Waals surface area contributed by atoms with E-state index in [0.717, 1.165) is 0 Å². The molecule has 1 heteroatoms. The summed E-state index contributed by atoms with van der Waals surface area (Å²) in [6.07, 6.45) is 2.06. The predicted molar refractivity (Wildman–Crippen MR) is 47.6 cm³/mol. The maximum atomic E-state index is 5.73. The van der Waals surface area contributed by atoms with Crippen molar-refractivity contribution in [3.8, 4) is 0 Å². The fourth-order valence-electron chi connectivity index (χ4n) is 2.09. The molecule has 66 valence electrons. The Hall–Kier alpha value is -0.0400. The Morgan fingerprint density at radius 1 is 1.18 bits per heavy atom. The summed E-state index contributed by atoms with van der Waals surface area (Å²) in [6, 6.07) is 0. The molecule has 0 amide bonds. The molecular formula is C10H20O. The van der Waals surface area contributed by atoms with Gasteiger partial charge in [-0.1, -0.05) is 20.8 Å². The van der Waals surface area contributed by atoms with Crippen LogP contribution in [0.1, 0.15) is 41.0 Å². The van der Waals surface area contributed by atoms with Gasteiger partial charge in [0.05, 0.1) is 12.2 Å². The van der Waals surface area contributed by atoms with Crippen molar-refractivity contribution >= 4 is 0 Å². The lowest BCUT2D eigenvalue weighted by molar-refractivity contribution is -0.115. The molecule has 0 aromatic carbocycles. The standard InChI is InChI=1S/C10H20O/c1-7-6-10(4,5)8(2)9(3)11-7/h7-9H,6H2,1-5H3/t7-,8-,9-/m0/s1. The minimum absolute atomic E-state index is 0.425. The molecule has 0 spiro atoms.